The van der Waals surface area contributed by atoms with Gasteiger partial charge in [-0.25, -0.2) is 23.2 Å². The number of pyridine rings is 1. The number of methoxy groups -OCH3 is 1. The number of aryl methyl sites for hydroxylation is 1. The number of carbonyl (C=O) groups is 4. The molecule has 0 unspecified atom stereocenters. The molecule has 2 aromatic heterocycles. The van der Waals surface area contributed by atoms with Crippen LogP contribution >= 0.6 is 11.3 Å². The van der Waals surface area contributed by atoms with Crippen LogP contribution in [0.3, 0.4) is 0 Å². The van der Waals surface area contributed by atoms with E-state index in [0.29, 0.717) is 45.9 Å². The zero-order valence-electron chi connectivity index (χ0n) is 37.2. The van der Waals surface area contributed by atoms with Crippen LogP contribution in [0.4, 0.5) is 4.79 Å². The van der Waals surface area contributed by atoms with E-state index in [4.69, 9.17) is 24.2 Å². The molecule has 6 rings (SSSR count). The van der Waals surface area contributed by atoms with E-state index < -0.39 is 85.2 Å². The van der Waals surface area contributed by atoms with Crippen molar-refractivity contribution in [3.63, 3.8) is 0 Å². The van der Waals surface area contributed by atoms with Gasteiger partial charge in [-0.2, -0.15) is 0 Å². The number of benzene rings is 1. The average Bonchev–Trinajstić information content (AvgIpc) is 3.98. The number of hydrogen-bond donors (Lipinski definition) is 3. The van der Waals surface area contributed by atoms with Gasteiger partial charge in [0.1, 0.15) is 51.5 Å². The average molecular weight is 881 g/mol. The number of hydrogen-bond acceptors (Lipinski definition) is 12. The molecule has 15 nitrogen and oxygen atoms in total. The lowest BCUT2D eigenvalue weighted by Gasteiger charge is -2.36. The predicted molar refractivity (Wildman–Crippen MR) is 234 cm³/mol. The Bertz CT molecular complexity index is 2360. The van der Waals surface area contributed by atoms with E-state index in [1.807, 2.05) is 30.5 Å². The number of likely N-dealkylation sites (tertiary alicyclic amines) is 1. The van der Waals surface area contributed by atoms with Crippen molar-refractivity contribution in [3.05, 3.63) is 47.5 Å². The number of thiazole rings is 1. The van der Waals surface area contributed by atoms with Gasteiger partial charge in [0.25, 0.3) is 5.91 Å². The summed E-state index contributed by atoms with van der Waals surface area (Å²) in [5, 5.41) is 8.98. The van der Waals surface area contributed by atoms with Crippen LogP contribution < -0.4 is 24.8 Å². The fraction of sp³-hybridized carbons (Fsp3) is 0.591. The Morgan fingerprint density at radius 3 is 2.28 bits per heavy atom. The molecule has 0 spiro atoms. The fourth-order valence-electron chi connectivity index (χ4n) is 7.70. The number of fused-ring (bicyclic) bond motifs is 1. The molecule has 6 atom stereocenters. The van der Waals surface area contributed by atoms with Crippen molar-refractivity contribution in [1.29, 1.82) is 0 Å². The highest BCUT2D eigenvalue weighted by molar-refractivity contribution is 7.91. The van der Waals surface area contributed by atoms with Gasteiger partial charge in [-0.3, -0.25) is 19.1 Å². The van der Waals surface area contributed by atoms with E-state index in [9.17, 15) is 27.6 Å². The standard InChI is InChI=1S/C44H60N6O9S2/c1-14-26-20-44(26,39(53)49-61(55,56)43(12)17-18-43)48-36(51)34-25(5)32(21-50(34)38(52)35(41(6,7)8)47-40(54)59-42(9,10)11)58-31-19-28(37-46-29(22-60-37)23(2)3)45-33-24(4)30(57-13)16-15-27(31)33/h14-16,19,22-23,25-26,32,34-35H,1,17-18,20-21H2,2-13H3,(H,47,54)(H,48,51)(H,49,53)/t25-,26+,32-,34-,35-,44+/m0/s1. The zero-order chi connectivity index (χ0) is 45.2. The minimum Gasteiger partial charge on any atom is -0.496 e. The molecular weight excluding hydrogens is 821 g/mol. The summed E-state index contributed by atoms with van der Waals surface area (Å²) >= 11 is 1.46. The van der Waals surface area contributed by atoms with Crippen LogP contribution in [0.15, 0.2) is 36.2 Å². The van der Waals surface area contributed by atoms with Crippen molar-refractivity contribution >= 4 is 56.1 Å². The van der Waals surface area contributed by atoms with E-state index in [2.05, 4.69) is 35.8 Å². The molecule has 1 saturated heterocycles. The Morgan fingerprint density at radius 2 is 1.74 bits per heavy atom. The van der Waals surface area contributed by atoms with Gasteiger partial charge in [0.2, 0.25) is 21.8 Å². The Kier molecular flexibility index (Phi) is 12.1. The first-order chi connectivity index (χ1) is 28.3. The van der Waals surface area contributed by atoms with Crippen LogP contribution in [-0.4, -0.2) is 94.8 Å². The van der Waals surface area contributed by atoms with Crippen molar-refractivity contribution in [2.45, 2.75) is 135 Å². The number of carbonyl (C=O) groups excluding carboxylic acids is 4. The van der Waals surface area contributed by atoms with Crippen LogP contribution in [0.1, 0.15) is 106 Å². The second-order valence-corrected chi connectivity index (χ2v) is 22.4. The highest BCUT2D eigenvalue weighted by Gasteiger charge is 2.63. The number of amides is 4. The third-order valence-electron chi connectivity index (χ3n) is 12.0. The lowest BCUT2D eigenvalue weighted by atomic mass is 9.85. The number of aromatic nitrogens is 2. The van der Waals surface area contributed by atoms with Crippen LogP contribution in [0, 0.1) is 24.2 Å². The molecule has 4 amide bonds. The summed E-state index contributed by atoms with van der Waals surface area (Å²) in [5.74, 6) is -2.10. The van der Waals surface area contributed by atoms with Crippen molar-refractivity contribution in [1.82, 2.24) is 30.2 Å². The predicted octanol–water partition coefficient (Wildman–Crippen LogP) is 6.39. The molecule has 3 heterocycles. The Balaban J connectivity index is 1.40. The molecule has 1 aromatic carbocycles. The summed E-state index contributed by atoms with van der Waals surface area (Å²) in [6.45, 7) is 23.6. The van der Waals surface area contributed by atoms with E-state index in [-0.39, 0.29) is 18.9 Å². The van der Waals surface area contributed by atoms with Crippen LogP contribution in [0.25, 0.3) is 21.6 Å². The molecule has 332 valence electrons. The fourth-order valence-corrected chi connectivity index (χ4v) is 9.95. The van der Waals surface area contributed by atoms with Crippen molar-refractivity contribution in [3.8, 4) is 22.2 Å². The van der Waals surface area contributed by atoms with Crippen molar-refractivity contribution < 1.29 is 41.8 Å². The Morgan fingerprint density at radius 1 is 1.07 bits per heavy atom. The summed E-state index contributed by atoms with van der Waals surface area (Å²) in [4.78, 5) is 68.0. The molecule has 3 aliphatic rings. The van der Waals surface area contributed by atoms with E-state index >= 15 is 0 Å². The lowest BCUT2D eigenvalue weighted by molar-refractivity contribution is -0.143. The smallest absolute Gasteiger partial charge is 0.408 e. The zero-order valence-corrected chi connectivity index (χ0v) is 38.9. The second kappa shape index (κ2) is 16.2. The molecule has 3 fully saturated rings. The molecule has 17 heteroatoms. The molecular formula is C44H60N6O9S2. The Labute approximate surface area is 362 Å². The normalized spacial score (nSPS) is 23.9. The number of sulfonamides is 1. The van der Waals surface area contributed by atoms with Gasteiger partial charge in [-0.1, -0.05) is 47.6 Å². The van der Waals surface area contributed by atoms with Gasteiger partial charge in [-0.15, -0.1) is 17.9 Å². The highest BCUT2D eigenvalue weighted by Crippen LogP contribution is 2.48. The molecule has 3 N–H and O–H groups in total. The number of rotatable bonds is 13. The van der Waals surface area contributed by atoms with E-state index in [0.717, 1.165) is 11.3 Å². The van der Waals surface area contributed by atoms with Crippen LogP contribution in [-0.2, 0) is 29.1 Å². The summed E-state index contributed by atoms with van der Waals surface area (Å²) in [6, 6.07) is 3.11. The van der Waals surface area contributed by atoms with E-state index in [1.165, 1.54) is 22.3 Å². The number of nitrogens with zero attached hydrogens (tertiary/aromatic N) is 3. The number of alkyl carbamates (subject to hydrolysis) is 1. The highest BCUT2D eigenvalue weighted by atomic mass is 32.2. The summed E-state index contributed by atoms with van der Waals surface area (Å²) in [6.07, 6.45) is 0.847. The molecule has 2 aliphatic carbocycles. The maximum Gasteiger partial charge on any atom is 0.408 e. The van der Waals surface area contributed by atoms with E-state index in [1.54, 1.807) is 62.5 Å². The second-order valence-electron chi connectivity index (χ2n) is 19.3. The minimum absolute atomic E-state index is 0.0828. The van der Waals surface area contributed by atoms with Gasteiger partial charge in [-0.05, 0) is 77.3 Å². The third-order valence-corrected chi connectivity index (χ3v) is 15.0. The summed E-state index contributed by atoms with van der Waals surface area (Å²) < 4.78 is 45.6. The van der Waals surface area contributed by atoms with Crippen LogP contribution in [0.5, 0.6) is 11.5 Å². The molecule has 0 bridgehead atoms. The van der Waals surface area contributed by atoms with Gasteiger partial charge in [0.15, 0.2) is 0 Å². The minimum atomic E-state index is -4.04. The quantitative estimate of drug-likeness (QED) is 0.161. The monoisotopic (exact) mass is 880 g/mol. The largest absolute Gasteiger partial charge is 0.496 e. The maximum absolute atomic E-state index is 14.9. The summed E-state index contributed by atoms with van der Waals surface area (Å²) in [7, 11) is -2.45. The molecule has 61 heavy (non-hydrogen) atoms. The third kappa shape index (κ3) is 9.09. The first-order valence-corrected chi connectivity index (χ1v) is 23.0. The lowest BCUT2D eigenvalue weighted by Crippen LogP contribution is -2.61. The molecule has 2 saturated carbocycles. The number of ether oxygens (including phenoxy) is 3. The van der Waals surface area contributed by atoms with Crippen LogP contribution in [0.2, 0.25) is 0 Å². The SMILES string of the molecule is C=C[C@@H]1C[C@]1(NC(=O)[C@@H]1[C@@H](C)[C@@H](Oc2cc(-c3nc(C(C)C)cs3)nc3c(C)c(OC)ccc23)CN1C(=O)[C@H](NC(=O)OC(C)(C)C)C(C)(C)C)C(=O)NS(=O)(=O)C1(C)CC1. The molecule has 1 aliphatic heterocycles. The molecule has 0 radical (unpaired) electrons. The first-order valence-electron chi connectivity index (χ1n) is 20.7. The first kappa shape index (κ1) is 45.7. The van der Waals surface area contributed by atoms with Gasteiger partial charge in [0, 0.05) is 34.2 Å². The van der Waals surface area contributed by atoms with Gasteiger partial charge in [0.05, 0.1) is 29.6 Å². The molecule has 3 aromatic rings. The van der Waals surface area contributed by atoms with Crippen molar-refractivity contribution in [2.75, 3.05) is 13.7 Å². The Hall–Kier alpha value is -4.77. The van der Waals surface area contributed by atoms with Crippen molar-refractivity contribution in [2.24, 2.45) is 17.3 Å². The topological polar surface area (TPSA) is 195 Å². The number of nitrogens with one attached hydrogen (secondary N) is 3. The van der Waals surface area contributed by atoms with Gasteiger partial charge >= 0.3 is 6.09 Å². The summed E-state index contributed by atoms with van der Waals surface area (Å²) in [5.41, 5.74) is -0.415. The maximum atomic E-state index is 14.9. The van der Waals surface area contributed by atoms with Gasteiger partial charge < -0.3 is 29.7 Å².